The summed E-state index contributed by atoms with van der Waals surface area (Å²) in [5.74, 6) is -0.956. The molecular formula is C18H18FN5O2. The van der Waals surface area contributed by atoms with Gasteiger partial charge in [0.15, 0.2) is 0 Å². The van der Waals surface area contributed by atoms with Crippen LogP contribution in [-0.2, 0) is 6.54 Å². The molecule has 0 aliphatic rings. The molecule has 7 nitrogen and oxygen atoms in total. The van der Waals surface area contributed by atoms with Crippen LogP contribution in [0.5, 0.6) is 0 Å². The predicted octanol–water partition coefficient (Wildman–Crippen LogP) is 2.21. The Labute approximate surface area is 149 Å². The maximum absolute atomic E-state index is 12.8. The lowest BCUT2D eigenvalue weighted by molar-refractivity contribution is 0.0936. The molecule has 0 fully saturated rings. The monoisotopic (exact) mass is 355 g/mol. The molecule has 0 aliphatic carbocycles. The Morgan fingerprint density at radius 2 is 1.81 bits per heavy atom. The summed E-state index contributed by atoms with van der Waals surface area (Å²) in [6.45, 7) is 1.15. The van der Waals surface area contributed by atoms with E-state index in [1.165, 1.54) is 24.3 Å². The third kappa shape index (κ3) is 4.35. The maximum atomic E-state index is 12.8. The van der Waals surface area contributed by atoms with E-state index in [9.17, 15) is 14.0 Å². The van der Waals surface area contributed by atoms with Crippen molar-refractivity contribution in [3.05, 3.63) is 66.2 Å². The highest BCUT2D eigenvalue weighted by atomic mass is 19.1. The largest absolute Gasteiger partial charge is 0.337 e. The summed E-state index contributed by atoms with van der Waals surface area (Å²) in [5, 5.41) is 2.65. The van der Waals surface area contributed by atoms with Crippen molar-refractivity contribution in [3.63, 3.8) is 0 Å². The number of nitrogens with zero attached hydrogens (tertiary/aromatic N) is 2. The summed E-state index contributed by atoms with van der Waals surface area (Å²) in [6, 6.07) is 12.3. The van der Waals surface area contributed by atoms with Gasteiger partial charge in [0.2, 0.25) is 0 Å². The molecule has 3 N–H and O–H groups in total. The van der Waals surface area contributed by atoms with Crippen molar-refractivity contribution >= 4 is 23.0 Å². The van der Waals surface area contributed by atoms with Crippen LogP contribution in [0.2, 0.25) is 0 Å². The number of benzene rings is 2. The van der Waals surface area contributed by atoms with Crippen molar-refractivity contribution in [2.45, 2.75) is 13.0 Å². The Kier molecular flexibility index (Phi) is 5.43. The first-order chi connectivity index (χ1) is 12.6. The van der Waals surface area contributed by atoms with Crippen LogP contribution in [0.15, 0.2) is 54.9 Å². The van der Waals surface area contributed by atoms with Crippen molar-refractivity contribution in [3.8, 4) is 0 Å². The van der Waals surface area contributed by atoms with Crippen LogP contribution in [0.4, 0.5) is 9.18 Å². The Bertz CT molecular complexity index is 907. The quantitative estimate of drug-likeness (QED) is 0.484. The van der Waals surface area contributed by atoms with Crippen LogP contribution in [0, 0.1) is 5.82 Å². The van der Waals surface area contributed by atoms with Gasteiger partial charge in [-0.05, 0) is 42.8 Å². The number of para-hydroxylation sites is 2. The molecule has 0 unspecified atom stereocenters. The van der Waals surface area contributed by atoms with E-state index in [0.29, 0.717) is 19.5 Å². The summed E-state index contributed by atoms with van der Waals surface area (Å²) in [5.41, 5.74) is 6.74. The number of aromatic nitrogens is 2. The standard InChI is InChI=1S/C18H18FN5O2/c19-14-8-6-13(7-9-14)17(25)22-23-18(26)20-10-3-11-24-12-21-15-4-1-2-5-16(15)24/h1-2,4-9,12H,3,10-11H2,(H,22,25)(H2,20,23,26). The first-order valence-corrected chi connectivity index (χ1v) is 8.13. The number of urea groups is 1. The number of aryl methyl sites for hydroxylation is 1. The van der Waals surface area contributed by atoms with E-state index < -0.39 is 17.8 Å². The normalized spacial score (nSPS) is 10.5. The second-order valence-electron chi connectivity index (χ2n) is 5.62. The molecule has 0 saturated carbocycles. The highest BCUT2D eigenvalue weighted by molar-refractivity contribution is 5.95. The third-order valence-corrected chi connectivity index (χ3v) is 3.78. The van der Waals surface area contributed by atoms with E-state index in [-0.39, 0.29) is 5.56 Å². The van der Waals surface area contributed by atoms with Gasteiger partial charge in [-0.1, -0.05) is 12.1 Å². The maximum Gasteiger partial charge on any atom is 0.333 e. The lowest BCUT2D eigenvalue weighted by Gasteiger charge is -2.09. The van der Waals surface area contributed by atoms with Crippen LogP contribution in [0.1, 0.15) is 16.8 Å². The van der Waals surface area contributed by atoms with Gasteiger partial charge in [0.1, 0.15) is 5.82 Å². The highest BCUT2D eigenvalue weighted by Gasteiger charge is 2.07. The Morgan fingerprint density at radius 3 is 2.62 bits per heavy atom. The third-order valence-electron chi connectivity index (χ3n) is 3.78. The van der Waals surface area contributed by atoms with Crippen LogP contribution in [0.25, 0.3) is 11.0 Å². The number of carbonyl (C=O) groups excluding carboxylic acids is 2. The van der Waals surface area contributed by atoms with Gasteiger partial charge >= 0.3 is 6.03 Å². The average molecular weight is 355 g/mol. The molecule has 3 rings (SSSR count). The van der Waals surface area contributed by atoms with Crippen LogP contribution in [0.3, 0.4) is 0 Å². The molecule has 0 bridgehead atoms. The zero-order valence-electron chi connectivity index (χ0n) is 13.9. The fourth-order valence-corrected chi connectivity index (χ4v) is 2.47. The minimum atomic E-state index is -0.523. The lowest BCUT2D eigenvalue weighted by atomic mass is 10.2. The summed E-state index contributed by atoms with van der Waals surface area (Å²) in [4.78, 5) is 27.8. The van der Waals surface area contributed by atoms with Gasteiger partial charge in [0.05, 0.1) is 17.4 Å². The van der Waals surface area contributed by atoms with Crippen LogP contribution >= 0.6 is 0 Å². The van der Waals surface area contributed by atoms with Crippen molar-refractivity contribution in [1.82, 2.24) is 25.7 Å². The second-order valence-corrected chi connectivity index (χ2v) is 5.62. The summed E-state index contributed by atoms with van der Waals surface area (Å²) in [6.07, 6.45) is 2.48. The minimum Gasteiger partial charge on any atom is -0.337 e. The van der Waals surface area contributed by atoms with Crippen molar-refractivity contribution in [1.29, 1.82) is 0 Å². The zero-order chi connectivity index (χ0) is 18.4. The van der Waals surface area contributed by atoms with Gasteiger partial charge in [0, 0.05) is 18.7 Å². The highest BCUT2D eigenvalue weighted by Crippen LogP contribution is 2.11. The number of hydrogen-bond acceptors (Lipinski definition) is 3. The number of fused-ring (bicyclic) bond motifs is 1. The number of imidazole rings is 1. The minimum absolute atomic E-state index is 0.249. The number of hydrogen-bond donors (Lipinski definition) is 3. The number of nitrogens with one attached hydrogen (secondary N) is 3. The first-order valence-electron chi connectivity index (χ1n) is 8.13. The molecule has 0 saturated heterocycles. The fraction of sp³-hybridized carbons (Fsp3) is 0.167. The molecule has 8 heteroatoms. The molecule has 0 atom stereocenters. The number of amides is 3. The van der Waals surface area contributed by atoms with Gasteiger partial charge in [-0.2, -0.15) is 0 Å². The van der Waals surface area contributed by atoms with E-state index in [4.69, 9.17) is 0 Å². The molecule has 0 radical (unpaired) electrons. The Hall–Kier alpha value is -3.42. The molecule has 3 aromatic rings. The van der Waals surface area contributed by atoms with E-state index in [1.807, 2.05) is 28.8 Å². The van der Waals surface area contributed by atoms with Crippen LogP contribution in [-0.4, -0.2) is 28.0 Å². The van der Waals surface area contributed by atoms with Crippen molar-refractivity contribution in [2.75, 3.05) is 6.54 Å². The molecular weight excluding hydrogens is 337 g/mol. The van der Waals surface area contributed by atoms with E-state index in [1.54, 1.807) is 6.33 Å². The van der Waals surface area contributed by atoms with E-state index >= 15 is 0 Å². The smallest absolute Gasteiger partial charge is 0.333 e. The second kappa shape index (κ2) is 8.11. The Balaban J connectivity index is 1.38. The fourth-order valence-electron chi connectivity index (χ4n) is 2.47. The lowest BCUT2D eigenvalue weighted by Crippen LogP contribution is -2.47. The molecule has 1 heterocycles. The first kappa shape index (κ1) is 17.4. The molecule has 1 aromatic heterocycles. The number of hydrazine groups is 1. The van der Waals surface area contributed by atoms with Gasteiger partial charge < -0.3 is 9.88 Å². The molecule has 26 heavy (non-hydrogen) atoms. The zero-order valence-corrected chi connectivity index (χ0v) is 13.9. The van der Waals surface area contributed by atoms with Gasteiger partial charge in [-0.25, -0.2) is 19.6 Å². The average Bonchev–Trinajstić information content (AvgIpc) is 3.07. The summed E-state index contributed by atoms with van der Waals surface area (Å²) < 4.78 is 14.8. The van der Waals surface area contributed by atoms with Crippen molar-refractivity contribution < 1.29 is 14.0 Å². The molecule has 0 aliphatic heterocycles. The van der Waals surface area contributed by atoms with Crippen LogP contribution < -0.4 is 16.2 Å². The SMILES string of the molecule is O=C(NCCCn1cnc2ccccc21)NNC(=O)c1ccc(F)cc1. The number of rotatable bonds is 5. The van der Waals surface area contributed by atoms with Gasteiger partial charge in [0.25, 0.3) is 5.91 Å². The van der Waals surface area contributed by atoms with Gasteiger partial charge in [-0.15, -0.1) is 0 Å². The summed E-state index contributed by atoms with van der Waals surface area (Å²) >= 11 is 0. The van der Waals surface area contributed by atoms with E-state index in [0.717, 1.165) is 11.0 Å². The number of carbonyl (C=O) groups is 2. The molecule has 2 aromatic carbocycles. The number of halogens is 1. The van der Waals surface area contributed by atoms with Crippen molar-refractivity contribution in [2.24, 2.45) is 0 Å². The predicted molar refractivity (Wildman–Crippen MR) is 94.8 cm³/mol. The topological polar surface area (TPSA) is 88.1 Å². The van der Waals surface area contributed by atoms with Gasteiger partial charge in [-0.3, -0.25) is 10.2 Å². The molecule has 3 amide bonds. The Morgan fingerprint density at radius 1 is 1.04 bits per heavy atom. The molecule has 134 valence electrons. The van der Waals surface area contributed by atoms with E-state index in [2.05, 4.69) is 21.2 Å². The molecule has 0 spiro atoms. The summed E-state index contributed by atoms with van der Waals surface area (Å²) in [7, 11) is 0.